The van der Waals surface area contributed by atoms with Crippen molar-refractivity contribution in [2.45, 2.75) is 32.8 Å². The van der Waals surface area contributed by atoms with Gasteiger partial charge in [-0.1, -0.05) is 19.9 Å². The van der Waals surface area contributed by atoms with Crippen LogP contribution in [-0.2, 0) is 4.74 Å². The molecule has 64 valence electrons. The first-order valence-corrected chi connectivity index (χ1v) is 4.35. The summed E-state index contributed by atoms with van der Waals surface area (Å²) in [6.07, 6.45) is 3.06. The van der Waals surface area contributed by atoms with Gasteiger partial charge in [-0.3, -0.25) is 0 Å². The molecule has 1 saturated heterocycles. The van der Waals surface area contributed by atoms with Crippen LogP contribution in [0.5, 0.6) is 0 Å². The molecule has 0 aliphatic carbocycles. The molecule has 0 bridgehead atoms. The summed E-state index contributed by atoms with van der Waals surface area (Å²) in [4.78, 5) is 0. The van der Waals surface area contributed by atoms with Crippen molar-refractivity contribution >= 4 is 0 Å². The van der Waals surface area contributed by atoms with E-state index in [0.29, 0.717) is 0 Å². The molecule has 0 aromatic rings. The van der Waals surface area contributed by atoms with Gasteiger partial charge in [0.15, 0.2) is 0 Å². The van der Waals surface area contributed by atoms with E-state index in [1.54, 1.807) is 0 Å². The van der Waals surface area contributed by atoms with Crippen LogP contribution < -0.4 is 0 Å². The molecule has 0 spiro atoms. The maximum Gasteiger partial charge on any atom is 0.0835 e. The fraction of sp³-hybridized carbons (Fsp3) is 0.800. The van der Waals surface area contributed by atoms with Gasteiger partial charge in [0, 0.05) is 0 Å². The molecule has 1 aliphatic heterocycles. The van der Waals surface area contributed by atoms with Gasteiger partial charge < -0.3 is 4.74 Å². The van der Waals surface area contributed by atoms with E-state index in [2.05, 4.69) is 27.4 Å². The van der Waals surface area contributed by atoms with Gasteiger partial charge in [0.2, 0.25) is 0 Å². The zero-order chi connectivity index (χ0) is 8.48. The van der Waals surface area contributed by atoms with Crippen LogP contribution in [0.15, 0.2) is 12.7 Å². The molecule has 1 heteroatoms. The van der Waals surface area contributed by atoms with Crippen LogP contribution >= 0.6 is 0 Å². The molecule has 2 atom stereocenters. The van der Waals surface area contributed by atoms with Crippen molar-refractivity contribution in [1.82, 2.24) is 0 Å². The molecule has 0 aromatic carbocycles. The minimum atomic E-state index is -0.0467. The van der Waals surface area contributed by atoms with Gasteiger partial charge in [0.1, 0.15) is 0 Å². The van der Waals surface area contributed by atoms with E-state index >= 15 is 0 Å². The molecular weight excluding hydrogens is 136 g/mol. The van der Waals surface area contributed by atoms with Crippen LogP contribution in [0.1, 0.15) is 27.2 Å². The normalized spacial score (nSPS) is 38.0. The van der Waals surface area contributed by atoms with Gasteiger partial charge in [0.05, 0.1) is 12.2 Å². The van der Waals surface area contributed by atoms with Crippen molar-refractivity contribution in [2.24, 2.45) is 11.8 Å². The van der Waals surface area contributed by atoms with Gasteiger partial charge in [-0.25, -0.2) is 0 Å². The smallest absolute Gasteiger partial charge is 0.0835 e. The third-order valence-corrected chi connectivity index (χ3v) is 2.67. The highest BCUT2D eigenvalue weighted by molar-refractivity contribution is 4.99. The quantitative estimate of drug-likeness (QED) is 0.555. The van der Waals surface area contributed by atoms with Crippen LogP contribution in [0.3, 0.4) is 0 Å². The van der Waals surface area contributed by atoms with Crippen LogP contribution in [0.25, 0.3) is 0 Å². The fourth-order valence-electron chi connectivity index (χ4n) is 1.51. The lowest BCUT2D eigenvalue weighted by molar-refractivity contribution is 0.0580. The van der Waals surface area contributed by atoms with Gasteiger partial charge in [-0.2, -0.15) is 0 Å². The molecule has 0 saturated carbocycles. The van der Waals surface area contributed by atoms with Crippen molar-refractivity contribution in [3.8, 4) is 0 Å². The van der Waals surface area contributed by atoms with Gasteiger partial charge in [0.25, 0.3) is 0 Å². The summed E-state index contributed by atoms with van der Waals surface area (Å²) in [6.45, 7) is 11.3. The van der Waals surface area contributed by atoms with E-state index in [4.69, 9.17) is 4.74 Å². The molecule has 11 heavy (non-hydrogen) atoms. The first kappa shape index (κ1) is 8.79. The number of ether oxygens (including phenoxy) is 1. The maximum absolute atomic E-state index is 5.65. The molecule has 0 N–H and O–H groups in total. The van der Waals surface area contributed by atoms with Crippen LogP contribution in [0, 0.1) is 11.8 Å². The number of hydrogen-bond donors (Lipinski definition) is 0. The SMILES string of the molecule is C=C[C@]1(C)C[C@H](C(C)C)CO1. The Morgan fingerprint density at radius 2 is 2.27 bits per heavy atom. The van der Waals surface area contributed by atoms with Gasteiger partial charge in [-0.15, -0.1) is 6.58 Å². The van der Waals surface area contributed by atoms with E-state index in [9.17, 15) is 0 Å². The molecule has 0 amide bonds. The lowest BCUT2D eigenvalue weighted by atomic mass is 9.88. The molecule has 1 rings (SSSR count). The molecule has 0 aromatic heterocycles. The molecular formula is C10H18O. The fourth-order valence-corrected chi connectivity index (χ4v) is 1.51. The molecule has 1 fully saturated rings. The summed E-state index contributed by atoms with van der Waals surface area (Å²) in [5.74, 6) is 1.45. The van der Waals surface area contributed by atoms with E-state index < -0.39 is 0 Å². The molecule has 0 radical (unpaired) electrons. The minimum absolute atomic E-state index is 0.0467. The highest BCUT2D eigenvalue weighted by Crippen LogP contribution is 2.34. The Morgan fingerprint density at radius 1 is 1.64 bits per heavy atom. The highest BCUT2D eigenvalue weighted by atomic mass is 16.5. The summed E-state index contributed by atoms with van der Waals surface area (Å²) >= 11 is 0. The van der Waals surface area contributed by atoms with Crippen molar-refractivity contribution in [3.63, 3.8) is 0 Å². The standard InChI is InChI=1S/C10H18O/c1-5-10(4)6-9(7-11-10)8(2)3/h5,8-9H,1,6-7H2,2-4H3/t9-,10+/m0/s1. The summed E-state index contributed by atoms with van der Waals surface area (Å²) in [6, 6.07) is 0. The third-order valence-electron chi connectivity index (χ3n) is 2.67. The zero-order valence-electron chi connectivity index (χ0n) is 7.76. The van der Waals surface area contributed by atoms with Crippen LogP contribution in [-0.4, -0.2) is 12.2 Å². The Balaban J connectivity index is 2.52. The van der Waals surface area contributed by atoms with Crippen molar-refractivity contribution < 1.29 is 4.74 Å². The van der Waals surface area contributed by atoms with Crippen LogP contribution in [0.2, 0.25) is 0 Å². The maximum atomic E-state index is 5.65. The Labute approximate surface area is 69.4 Å². The summed E-state index contributed by atoms with van der Waals surface area (Å²) in [7, 11) is 0. The third kappa shape index (κ3) is 1.84. The first-order chi connectivity index (χ1) is 5.07. The van der Waals surface area contributed by atoms with Gasteiger partial charge >= 0.3 is 0 Å². The second kappa shape index (κ2) is 2.98. The zero-order valence-corrected chi connectivity index (χ0v) is 7.76. The average molecular weight is 154 g/mol. The van der Waals surface area contributed by atoms with Crippen molar-refractivity contribution in [3.05, 3.63) is 12.7 Å². The Morgan fingerprint density at radius 3 is 2.55 bits per heavy atom. The lowest BCUT2D eigenvalue weighted by Gasteiger charge is -2.18. The minimum Gasteiger partial charge on any atom is -0.371 e. The average Bonchev–Trinajstić information content (AvgIpc) is 2.33. The predicted octanol–water partition coefficient (Wildman–Crippen LogP) is 2.62. The Hall–Kier alpha value is -0.300. The van der Waals surface area contributed by atoms with E-state index in [1.807, 2.05) is 6.08 Å². The number of hydrogen-bond acceptors (Lipinski definition) is 1. The van der Waals surface area contributed by atoms with Crippen molar-refractivity contribution in [1.29, 1.82) is 0 Å². The monoisotopic (exact) mass is 154 g/mol. The summed E-state index contributed by atoms with van der Waals surface area (Å²) in [5, 5.41) is 0. The lowest BCUT2D eigenvalue weighted by Crippen LogP contribution is -2.19. The largest absolute Gasteiger partial charge is 0.371 e. The predicted molar refractivity (Wildman–Crippen MR) is 47.5 cm³/mol. The summed E-state index contributed by atoms with van der Waals surface area (Å²) < 4.78 is 5.65. The van der Waals surface area contributed by atoms with Crippen LogP contribution in [0.4, 0.5) is 0 Å². The Kier molecular flexibility index (Phi) is 2.38. The van der Waals surface area contributed by atoms with Gasteiger partial charge in [-0.05, 0) is 25.2 Å². The first-order valence-electron chi connectivity index (χ1n) is 4.35. The highest BCUT2D eigenvalue weighted by Gasteiger charge is 2.34. The van der Waals surface area contributed by atoms with E-state index in [1.165, 1.54) is 0 Å². The second-order valence-electron chi connectivity index (χ2n) is 4.04. The molecule has 0 unspecified atom stereocenters. The Bertz CT molecular complexity index is 151. The molecule has 1 heterocycles. The number of rotatable bonds is 2. The van der Waals surface area contributed by atoms with E-state index in [-0.39, 0.29) is 5.60 Å². The summed E-state index contributed by atoms with van der Waals surface area (Å²) in [5.41, 5.74) is -0.0467. The topological polar surface area (TPSA) is 9.23 Å². The van der Waals surface area contributed by atoms with E-state index in [0.717, 1.165) is 24.9 Å². The second-order valence-corrected chi connectivity index (χ2v) is 4.04. The molecule has 1 nitrogen and oxygen atoms in total. The molecule has 1 aliphatic rings. The van der Waals surface area contributed by atoms with Crippen molar-refractivity contribution in [2.75, 3.05) is 6.61 Å².